The van der Waals surface area contributed by atoms with Crippen molar-refractivity contribution in [2.45, 2.75) is 26.7 Å². The fourth-order valence-electron chi connectivity index (χ4n) is 2.11. The predicted octanol–water partition coefficient (Wildman–Crippen LogP) is 4.73. The molecule has 0 aromatic carbocycles. The summed E-state index contributed by atoms with van der Waals surface area (Å²) in [6.07, 6.45) is 11.5. The summed E-state index contributed by atoms with van der Waals surface area (Å²) in [4.78, 5) is 0. The van der Waals surface area contributed by atoms with Crippen molar-refractivity contribution in [1.29, 1.82) is 5.26 Å². The number of allylic oxidation sites excluding steroid dienone is 8. The highest BCUT2D eigenvalue weighted by Gasteiger charge is 2.20. The fourth-order valence-corrected chi connectivity index (χ4v) is 2.11. The zero-order chi connectivity index (χ0) is 13.5. The summed E-state index contributed by atoms with van der Waals surface area (Å²) in [7, 11) is 0. The smallest absolute Gasteiger partial charge is 0.0669 e. The third-order valence-electron chi connectivity index (χ3n) is 3.51. The Kier molecular flexibility index (Phi) is 5.39. The molecule has 0 aromatic heterocycles. The lowest BCUT2D eigenvalue weighted by Gasteiger charge is -2.25. The normalized spacial score (nSPS) is 23.2. The lowest BCUT2D eigenvalue weighted by atomic mass is 9.79. The molecule has 2 atom stereocenters. The Hall–Kier alpha value is -1.81. The largest absolute Gasteiger partial charge is 0.198 e. The van der Waals surface area contributed by atoms with Gasteiger partial charge in [-0.25, -0.2) is 0 Å². The van der Waals surface area contributed by atoms with Gasteiger partial charge in [-0.1, -0.05) is 50.8 Å². The van der Waals surface area contributed by atoms with Crippen molar-refractivity contribution in [3.05, 3.63) is 60.3 Å². The van der Waals surface area contributed by atoms with E-state index in [2.05, 4.69) is 57.4 Å². The van der Waals surface area contributed by atoms with E-state index in [4.69, 9.17) is 5.26 Å². The van der Waals surface area contributed by atoms with Gasteiger partial charge in [0.1, 0.15) is 0 Å². The Morgan fingerprint density at radius 2 is 2.22 bits per heavy atom. The first-order valence-electron chi connectivity index (χ1n) is 6.36. The van der Waals surface area contributed by atoms with E-state index in [9.17, 15) is 0 Å². The summed E-state index contributed by atoms with van der Waals surface area (Å²) < 4.78 is 0. The second kappa shape index (κ2) is 6.81. The summed E-state index contributed by atoms with van der Waals surface area (Å²) in [5.74, 6) is 0.970. The third-order valence-corrected chi connectivity index (χ3v) is 3.51. The van der Waals surface area contributed by atoms with Crippen molar-refractivity contribution >= 4 is 0 Å². The molecule has 2 unspecified atom stereocenters. The van der Waals surface area contributed by atoms with Crippen LogP contribution in [-0.4, -0.2) is 0 Å². The van der Waals surface area contributed by atoms with Crippen LogP contribution < -0.4 is 0 Å². The molecule has 0 saturated heterocycles. The van der Waals surface area contributed by atoms with E-state index in [1.165, 1.54) is 5.57 Å². The molecule has 0 aromatic rings. The monoisotopic (exact) mass is 239 g/mol. The first-order valence-corrected chi connectivity index (χ1v) is 6.36. The Bertz CT molecular complexity index is 454. The number of hydrogen-bond acceptors (Lipinski definition) is 1. The fraction of sp³-hybridized carbons (Fsp3) is 0.353. The van der Waals surface area contributed by atoms with Crippen molar-refractivity contribution in [3.63, 3.8) is 0 Å². The van der Waals surface area contributed by atoms with Crippen LogP contribution in [0.1, 0.15) is 26.7 Å². The van der Waals surface area contributed by atoms with Gasteiger partial charge in [0, 0.05) is 0 Å². The van der Waals surface area contributed by atoms with E-state index < -0.39 is 0 Å². The number of nitrogens with zero attached hydrogens (tertiary/aromatic N) is 1. The molecule has 0 fully saturated rings. The molecule has 1 rings (SSSR count). The average molecular weight is 239 g/mol. The SMILES string of the molecule is C=CC/C=C(/CC#N)C(=C)C1=CC=CC(C)C1C. The molecular formula is C17H21N. The van der Waals surface area contributed by atoms with Crippen LogP contribution in [0.15, 0.2) is 60.3 Å². The minimum absolute atomic E-state index is 0.412. The van der Waals surface area contributed by atoms with E-state index in [0.717, 1.165) is 17.6 Å². The van der Waals surface area contributed by atoms with Gasteiger partial charge < -0.3 is 0 Å². The van der Waals surface area contributed by atoms with Crippen LogP contribution >= 0.6 is 0 Å². The Morgan fingerprint density at radius 3 is 2.83 bits per heavy atom. The summed E-state index contributed by atoms with van der Waals surface area (Å²) in [6, 6.07) is 2.21. The molecule has 0 bridgehead atoms. The summed E-state index contributed by atoms with van der Waals surface area (Å²) in [6.45, 7) is 12.3. The van der Waals surface area contributed by atoms with Crippen molar-refractivity contribution in [3.8, 4) is 6.07 Å². The highest BCUT2D eigenvalue weighted by molar-refractivity contribution is 5.49. The van der Waals surface area contributed by atoms with E-state index >= 15 is 0 Å². The van der Waals surface area contributed by atoms with Gasteiger partial charge in [-0.15, -0.1) is 6.58 Å². The molecule has 0 saturated carbocycles. The van der Waals surface area contributed by atoms with E-state index in [1.54, 1.807) is 0 Å². The Labute approximate surface area is 111 Å². The van der Waals surface area contributed by atoms with Gasteiger partial charge in [0.2, 0.25) is 0 Å². The summed E-state index contributed by atoms with van der Waals surface area (Å²) in [5.41, 5.74) is 3.27. The lowest BCUT2D eigenvalue weighted by molar-refractivity contribution is 0.528. The minimum atomic E-state index is 0.412. The second-order valence-electron chi connectivity index (χ2n) is 4.72. The highest BCUT2D eigenvalue weighted by Crippen LogP contribution is 2.33. The van der Waals surface area contributed by atoms with Crippen molar-refractivity contribution in [1.82, 2.24) is 0 Å². The molecule has 0 heterocycles. The molecule has 1 nitrogen and oxygen atoms in total. The summed E-state index contributed by atoms with van der Waals surface area (Å²) >= 11 is 0. The molecule has 94 valence electrons. The van der Waals surface area contributed by atoms with Crippen molar-refractivity contribution in [2.75, 3.05) is 0 Å². The lowest BCUT2D eigenvalue weighted by Crippen LogP contribution is -2.13. The maximum absolute atomic E-state index is 8.91. The topological polar surface area (TPSA) is 23.8 Å². The molecule has 18 heavy (non-hydrogen) atoms. The van der Waals surface area contributed by atoms with Crippen molar-refractivity contribution < 1.29 is 0 Å². The average Bonchev–Trinajstić information content (AvgIpc) is 2.37. The van der Waals surface area contributed by atoms with Gasteiger partial charge in [0.15, 0.2) is 0 Å². The first kappa shape index (κ1) is 14.3. The second-order valence-corrected chi connectivity index (χ2v) is 4.72. The minimum Gasteiger partial charge on any atom is -0.198 e. The molecule has 0 spiro atoms. The molecule has 1 heteroatoms. The van der Waals surface area contributed by atoms with Crippen LogP contribution in [0.25, 0.3) is 0 Å². The number of nitriles is 1. The van der Waals surface area contributed by atoms with Crippen LogP contribution in [-0.2, 0) is 0 Å². The third kappa shape index (κ3) is 3.34. The van der Waals surface area contributed by atoms with Gasteiger partial charge in [0.25, 0.3) is 0 Å². The van der Waals surface area contributed by atoms with Crippen LogP contribution in [0.2, 0.25) is 0 Å². The molecule has 1 aliphatic carbocycles. The zero-order valence-electron chi connectivity index (χ0n) is 11.3. The van der Waals surface area contributed by atoms with Gasteiger partial charge in [-0.3, -0.25) is 0 Å². The van der Waals surface area contributed by atoms with Crippen LogP contribution in [0.4, 0.5) is 0 Å². The molecule has 0 radical (unpaired) electrons. The van der Waals surface area contributed by atoms with E-state index in [-0.39, 0.29) is 0 Å². The zero-order valence-corrected chi connectivity index (χ0v) is 11.3. The van der Waals surface area contributed by atoms with Crippen LogP contribution in [0.3, 0.4) is 0 Å². The van der Waals surface area contributed by atoms with Crippen LogP contribution in [0.5, 0.6) is 0 Å². The number of rotatable bonds is 5. The molecular weight excluding hydrogens is 218 g/mol. The highest BCUT2D eigenvalue weighted by atomic mass is 14.3. The van der Waals surface area contributed by atoms with E-state index in [0.29, 0.717) is 18.3 Å². The quantitative estimate of drug-likeness (QED) is 0.502. The predicted molar refractivity (Wildman–Crippen MR) is 77.8 cm³/mol. The molecule has 0 N–H and O–H groups in total. The molecule has 0 aliphatic heterocycles. The van der Waals surface area contributed by atoms with Gasteiger partial charge >= 0.3 is 0 Å². The van der Waals surface area contributed by atoms with E-state index in [1.807, 2.05) is 6.08 Å². The number of hydrogen-bond donors (Lipinski definition) is 0. The van der Waals surface area contributed by atoms with Gasteiger partial charge in [0.05, 0.1) is 12.5 Å². The molecule has 0 amide bonds. The summed E-state index contributed by atoms with van der Waals surface area (Å²) in [5, 5.41) is 8.91. The standard InChI is InChI=1S/C17H21N/c1-5-6-9-16(11-12-18)15(4)17-10-7-8-13(2)14(17)3/h5,7-10,13-14H,1,4,6,11H2,2-3H3/b16-9-. The maximum Gasteiger partial charge on any atom is 0.0669 e. The van der Waals surface area contributed by atoms with Crippen LogP contribution in [0, 0.1) is 23.2 Å². The Morgan fingerprint density at radius 1 is 1.50 bits per heavy atom. The maximum atomic E-state index is 8.91. The molecule has 1 aliphatic rings. The van der Waals surface area contributed by atoms with Crippen molar-refractivity contribution in [2.24, 2.45) is 11.8 Å². The Balaban J connectivity index is 2.97. The van der Waals surface area contributed by atoms with Gasteiger partial charge in [-0.05, 0) is 35.0 Å². The first-order chi connectivity index (χ1) is 8.61. The van der Waals surface area contributed by atoms with Gasteiger partial charge in [-0.2, -0.15) is 5.26 Å².